The number of aromatic nitrogens is 2. The molecule has 0 fully saturated rings. The topological polar surface area (TPSA) is 283 Å². The van der Waals surface area contributed by atoms with Crippen molar-refractivity contribution in [1.82, 2.24) is 36.1 Å². The third-order valence-electron chi connectivity index (χ3n) is 11.9. The number of hydrogen-bond acceptors (Lipinski definition) is 13. The van der Waals surface area contributed by atoms with Crippen LogP contribution in [0.15, 0.2) is 66.7 Å². The third kappa shape index (κ3) is 12.0. The fourth-order valence-corrected chi connectivity index (χ4v) is 8.47. The van der Waals surface area contributed by atoms with Gasteiger partial charge >= 0.3 is 0 Å². The number of carbonyl (C=O) groups excluding carboxylic acids is 5. The van der Waals surface area contributed by atoms with E-state index in [2.05, 4.69) is 39.5 Å². The predicted octanol–water partition coefficient (Wildman–Crippen LogP) is 2.89. The summed E-state index contributed by atoms with van der Waals surface area (Å²) in [6, 6.07) is 15.1. The molecule has 18 heteroatoms. The molecule has 0 spiro atoms. The number of nitrogens with two attached hydrogens (primary N) is 3. The number of fused-ring (bicyclic) bond motifs is 5. The number of likely N-dealkylation sites (N-methyl/N-ethyl adjacent to an activating group) is 1. The summed E-state index contributed by atoms with van der Waals surface area (Å²) in [5.74, 6) is -2.10. The van der Waals surface area contributed by atoms with E-state index >= 15 is 0 Å². The van der Waals surface area contributed by atoms with Gasteiger partial charge in [0.15, 0.2) is 5.82 Å². The van der Waals surface area contributed by atoms with Crippen LogP contribution in [0.3, 0.4) is 0 Å². The van der Waals surface area contributed by atoms with Crippen LogP contribution in [0, 0.1) is 25.2 Å². The van der Waals surface area contributed by atoms with Crippen LogP contribution in [0.25, 0.3) is 28.1 Å². The monoisotopic (exact) mass is 927 g/mol. The van der Waals surface area contributed by atoms with Crippen molar-refractivity contribution in [2.45, 2.75) is 83.5 Å². The van der Waals surface area contributed by atoms with Crippen LogP contribution in [0.5, 0.6) is 11.5 Å². The van der Waals surface area contributed by atoms with Gasteiger partial charge in [0.05, 0.1) is 23.0 Å². The highest BCUT2D eigenvalue weighted by Gasteiger charge is 2.36. The molecule has 4 atom stereocenters. The molecule has 2 heterocycles. The van der Waals surface area contributed by atoms with Crippen molar-refractivity contribution in [2.24, 2.45) is 17.2 Å². The second-order valence-corrected chi connectivity index (χ2v) is 16.8. The van der Waals surface area contributed by atoms with Gasteiger partial charge in [-0.25, -0.2) is 9.97 Å². The molecule has 10 N–H and O–H groups in total. The molecule has 0 saturated heterocycles. The van der Waals surface area contributed by atoms with Gasteiger partial charge in [0.2, 0.25) is 23.6 Å². The maximum atomic E-state index is 14.8. The Morgan fingerprint density at radius 1 is 0.868 bits per heavy atom. The van der Waals surface area contributed by atoms with Crippen LogP contribution in [-0.4, -0.2) is 109 Å². The molecule has 4 unspecified atom stereocenters. The first-order valence-electron chi connectivity index (χ1n) is 22.9. The van der Waals surface area contributed by atoms with Gasteiger partial charge in [-0.3, -0.25) is 24.0 Å². The molecule has 68 heavy (non-hydrogen) atoms. The second kappa shape index (κ2) is 23.5. The molecule has 4 bridgehead atoms. The zero-order valence-electron chi connectivity index (χ0n) is 39.0. The Morgan fingerprint density at radius 2 is 1.51 bits per heavy atom. The molecule has 1 aliphatic carbocycles. The molecule has 2 aliphatic rings. The fourth-order valence-electron chi connectivity index (χ4n) is 8.47. The van der Waals surface area contributed by atoms with Crippen molar-refractivity contribution in [1.29, 1.82) is 5.26 Å². The minimum absolute atomic E-state index is 0.00124. The van der Waals surface area contributed by atoms with E-state index < -0.39 is 53.7 Å². The Hall–Kier alpha value is -7.20. The summed E-state index contributed by atoms with van der Waals surface area (Å²) in [4.78, 5) is 81.3. The first kappa shape index (κ1) is 50.2. The first-order valence-corrected chi connectivity index (χ1v) is 22.9. The van der Waals surface area contributed by atoms with Crippen molar-refractivity contribution in [3.05, 3.63) is 100 Å². The second-order valence-electron chi connectivity index (χ2n) is 16.8. The molecule has 4 aromatic rings. The van der Waals surface area contributed by atoms with Crippen molar-refractivity contribution in [3.63, 3.8) is 0 Å². The van der Waals surface area contributed by atoms with Crippen molar-refractivity contribution in [2.75, 3.05) is 46.4 Å². The van der Waals surface area contributed by atoms with Crippen LogP contribution >= 0.6 is 0 Å². The summed E-state index contributed by atoms with van der Waals surface area (Å²) >= 11 is 0. The van der Waals surface area contributed by atoms with Gasteiger partial charge in [0, 0.05) is 43.2 Å². The summed E-state index contributed by atoms with van der Waals surface area (Å²) < 4.78 is 12.2. The van der Waals surface area contributed by atoms with Gasteiger partial charge in [-0.05, 0) is 106 Å². The standard InChI is InChI=1S/C50H61N11O7/c1-29-43(30(2)57-45(56-29)35-13-11-34(12-14-35)33-8-6-5-7-9-33)48(64)59-39(18-19-51)50(66)61(4)44-36-15-17-42(68-25-22-54)38(28-36)37-26-32(10-16-41(37)67-24-21-53)27-40(47(63)55-23-20-52)60-46(62)31(3)58-49(44)65/h8,10-17,26,28,31,39-40,44H,5-7,9,18-19,21-25,27,51,53-54H2,1-4H3,(H,55,63)(H,58,65)(H,59,64)(H,60,62). The minimum atomic E-state index is -1.40. The van der Waals surface area contributed by atoms with E-state index in [-0.39, 0.29) is 57.8 Å². The lowest BCUT2D eigenvalue weighted by Crippen LogP contribution is -2.56. The average Bonchev–Trinajstić information content (AvgIpc) is 3.33. The largest absolute Gasteiger partial charge is 0.492 e. The molecular formula is C50H61N11O7. The average molecular weight is 928 g/mol. The Bertz CT molecular complexity index is 2550. The predicted molar refractivity (Wildman–Crippen MR) is 257 cm³/mol. The van der Waals surface area contributed by atoms with Gasteiger partial charge in [0.25, 0.3) is 5.91 Å². The number of benzene rings is 3. The van der Waals surface area contributed by atoms with E-state index in [0.29, 0.717) is 51.0 Å². The van der Waals surface area contributed by atoms with E-state index in [1.807, 2.05) is 18.2 Å². The number of nitrogens with zero attached hydrogens (tertiary/aromatic N) is 4. The van der Waals surface area contributed by atoms with Gasteiger partial charge in [0.1, 0.15) is 55.4 Å². The first-order chi connectivity index (χ1) is 32.8. The highest BCUT2D eigenvalue weighted by atomic mass is 16.5. The number of nitriles is 1. The van der Waals surface area contributed by atoms with Crippen LogP contribution in [0.2, 0.25) is 0 Å². The lowest BCUT2D eigenvalue weighted by molar-refractivity contribution is -0.141. The zero-order chi connectivity index (χ0) is 48.9. The van der Waals surface area contributed by atoms with E-state index in [0.717, 1.165) is 24.0 Å². The number of rotatable bonds is 16. The highest BCUT2D eigenvalue weighted by molar-refractivity contribution is 6.00. The number of hydrogen-bond donors (Lipinski definition) is 7. The molecule has 1 aromatic heterocycles. The van der Waals surface area contributed by atoms with E-state index in [4.69, 9.17) is 36.6 Å². The van der Waals surface area contributed by atoms with E-state index in [1.54, 1.807) is 50.2 Å². The molecule has 0 radical (unpaired) electrons. The van der Waals surface area contributed by atoms with Crippen molar-refractivity contribution >= 4 is 35.1 Å². The summed E-state index contributed by atoms with van der Waals surface area (Å²) in [6.45, 7) is 5.23. The Morgan fingerprint density at radius 3 is 2.13 bits per heavy atom. The summed E-state index contributed by atoms with van der Waals surface area (Å²) in [6.07, 6.45) is 6.78. The number of carbonyl (C=O) groups is 5. The fraction of sp³-hybridized carbons (Fsp3) is 0.400. The quantitative estimate of drug-likeness (QED) is 0.0798. The van der Waals surface area contributed by atoms with Gasteiger partial charge < -0.3 is 52.8 Å². The Kier molecular flexibility index (Phi) is 17.4. The maximum Gasteiger partial charge on any atom is 0.255 e. The lowest BCUT2D eigenvalue weighted by atomic mass is 9.93. The van der Waals surface area contributed by atoms with Crippen molar-refractivity contribution < 1.29 is 33.4 Å². The normalized spacial score (nSPS) is 17.5. The highest BCUT2D eigenvalue weighted by Crippen LogP contribution is 2.40. The van der Waals surface area contributed by atoms with Crippen molar-refractivity contribution in [3.8, 4) is 40.1 Å². The smallest absolute Gasteiger partial charge is 0.255 e. The van der Waals surface area contributed by atoms with E-state index in [1.165, 1.54) is 37.3 Å². The van der Waals surface area contributed by atoms with Crippen LogP contribution < -0.4 is 47.9 Å². The molecule has 5 amide bonds. The molecule has 3 aromatic carbocycles. The summed E-state index contributed by atoms with van der Waals surface area (Å²) in [7, 11) is 1.42. The molecule has 1 aliphatic heterocycles. The third-order valence-corrected chi connectivity index (χ3v) is 11.9. The lowest BCUT2D eigenvalue weighted by Gasteiger charge is -2.32. The molecule has 0 saturated carbocycles. The molecule has 18 nitrogen and oxygen atoms in total. The Balaban J connectivity index is 1.36. The summed E-state index contributed by atoms with van der Waals surface area (Å²) in [5, 5.41) is 20.0. The van der Waals surface area contributed by atoms with E-state index in [9.17, 15) is 29.2 Å². The van der Waals surface area contributed by atoms with Crippen LogP contribution in [0.1, 0.15) is 83.5 Å². The molecule has 358 valence electrons. The summed E-state index contributed by atoms with van der Waals surface area (Å²) in [5.41, 5.74) is 23.9. The maximum absolute atomic E-state index is 14.8. The van der Waals surface area contributed by atoms with Gasteiger partial charge in [-0.15, -0.1) is 0 Å². The minimum Gasteiger partial charge on any atom is -0.492 e. The Labute approximate surface area is 396 Å². The number of amides is 5. The zero-order valence-corrected chi connectivity index (χ0v) is 39.0. The van der Waals surface area contributed by atoms with Crippen LogP contribution in [-0.2, 0) is 25.6 Å². The van der Waals surface area contributed by atoms with Crippen LogP contribution in [0.4, 0.5) is 0 Å². The molecular weight excluding hydrogens is 867 g/mol. The number of aryl methyl sites for hydroxylation is 2. The number of nitrogens with one attached hydrogen (secondary N) is 4. The van der Waals surface area contributed by atoms with Gasteiger partial charge in [-0.1, -0.05) is 42.5 Å². The number of ether oxygens (including phenoxy) is 2. The van der Waals surface area contributed by atoms with Gasteiger partial charge in [-0.2, -0.15) is 5.26 Å². The molecule has 6 rings (SSSR count). The SMILES string of the molecule is Cc1nc(-c2ccc(C3=CCCCC3)cc2)nc(C)c1C(=O)NC(CCN)C(=O)N(C)C1C(=O)NC(C)C(=O)NC(C(=O)NCC#N)Cc2ccc(OCCN)c(c2)-c2cc1ccc2OCCN. The number of allylic oxidation sites excluding steroid dienone is 2.